The minimum Gasteiger partial charge on any atom is -0.359 e. The van der Waals surface area contributed by atoms with Gasteiger partial charge in [-0.25, -0.2) is 9.97 Å². The molecule has 3 heterocycles. The van der Waals surface area contributed by atoms with Gasteiger partial charge in [-0.3, -0.25) is 4.68 Å². The normalized spacial score (nSPS) is 11.0. The fourth-order valence-corrected chi connectivity index (χ4v) is 2.50. The molecule has 0 saturated heterocycles. The highest BCUT2D eigenvalue weighted by molar-refractivity contribution is 5.61. The maximum atomic E-state index is 5.26. The molecule has 0 bridgehead atoms. The summed E-state index contributed by atoms with van der Waals surface area (Å²) in [7, 11) is 0. The van der Waals surface area contributed by atoms with Crippen LogP contribution in [0, 0.1) is 6.92 Å². The number of hydrogen-bond donors (Lipinski definition) is 1. The van der Waals surface area contributed by atoms with Crippen LogP contribution < -0.4 is 5.32 Å². The quantitative estimate of drug-likeness (QED) is 0.718. The molecule has 0 aliphatic carbocycles. The van der Waals surface area contributed by atoms with E-state index in [1.165, 1.54) is 0 Å². The van der Waals surface area contributed by atoms with Gasteiger partial charge in [-0.05, 0) is 25.8 Å². The van der Waals surface area contributed by atoms with Crippen LogP contribution in [-0.2, 0) is 19.5 Å². The van der Waals surface area contributed by atoms with Crippen LogP contribution in [0.3, 0.4) is 0 Å². The number of aromatic nitrogens is 5. The molecule has 24 heavy (non-hydrogen) atoms. The van der Waals surface area contributed by atoms with Crippen LogP contribution >= 0.6 is 0 Å². The van der Waals surface area contributed by atoms with E-state index in [1.807, 2.05) is 29.9 Å². The molecule has 126 valence electrons. The fourth-order valence-electron chi connectivity index (χ4n) is 2.50. The van der Waals surface area contributed by atoms with E-state index in [0.29, 0.717) is 12.5 Å². The zero-order valence-electron chi connectivity index (χ0n) is 14.3. The third-order valence-corrected chi connectivity index (χ3v) is 3.86. The third-order valence-electron chi connectivity index (χ3n) is 3.86. The first-order valence-electron chi connectivity index (χ1n) is 8.25. The van der Waals surface area contributed by atoms with Gasteiger partial charge in [0, 0.05) is 30.1 Å². The highest BCUT2D eigenvalue weighted by Gasteiger charge is 2.11. The number of anilines is 1. The summed E-state index contributed by atoms with van der Waals surface area (Å²) in [5.41, 5.74) is 3.95. The Balaban J connectivity index is 1.74. The second kappa shape index (κ2) is 7.25. The zero-order valence-corrected chi connectivity index (χ0v) is 14.3. The van der Waals surface area contributed by atoms with Crippen molar-refractivity contribution in [2.24, 2.45) is 0 Å². The predicted octanol–water partition coefficient (Wildman–Crippen LogP) is 3.22. The molecule has 3 aromatic rings. The summed E-state index contributed by atoms with van der Waals surface area (Å²) < 4.78 is 7.27. The highest BCUT2D eigenvalue weighted by atomic mass is 16.5. The second-order valence-corrected chi connectivity index (χ2v) is 5.62. The van der Waals surface area contributed by atoms with Gasteiger partial charge in [0.2, 0.25) is 5.95 Å². The van der Waals surface area contributed by atoms with Crippen molar-refractivity contribution in [3.05, 3.63) is 41.7 Å². The van der Waals surface area contributed by atoms with Gasteiger partial charge in [0.05, 0.1) is 24.1 Å². The third kappa shape index (κ3) is 3.45. The van der Waals surface area contributed by atoms with Crippen LogP contribution in [0.1, 0.15) is 37.4 Å². The molecule has 0 aromatic carbocycles. The fraction of sp³-hybridized carbons (Fsp3) is 0.412. The van der Waals surface area contributed by atoms with Crippen LogP contribution in [-0.4, -0.2) is 24.9 Å². The molecule has 3 aromatic heterocycles. The monoisotopic (exact) mass is 326 g/mol. The van der Waals surface area contributed by atoms with Gasteiger partial charge in [0.15, 0.2) is 5.76 Å². The number of hydrogen-bond acceptors (Lipinski definition) is 6. The highest BCUT2D eigenvalue weighted by Crippen LogP contribution is 2.22. The van der Waals surface area contributed by atoms with Crippen molar-refractivity contribution >= 4 is 5.95 Å². The van der Waals surface area contributed by atoms with Gasteiger partial charge in [0.25, 0.3) is 0 Å². The van der Waals surface area contributed by atoms with Crippen molar-refractivity contribution in [2.75, 3.05) is 5.32 Å². The molecule has 1 N–H and O–H groups in total. The molecule has 0 unspecified atom stereocenters. The summed E-state index contributed by atoms with van der Waals surface area (Å²) in [6.45, 7) is 7.66. The van der Waals surface area contributed by atoms with Crippen molar-refractivity contribution in [1.29, 1.82) is 0 Å². The average Bonchev–Trinajstić information content (AvgIpc) is 3.21. The van der Waals surface area contributed by atoms with Gasteiger partial charge in [-0.2, -0.15) is 5.10 Å². The van der Waals surface area contributed by atoms with Crippen LogP contribution in [0.4, 0.5) is 5.95 Å². The lowest BCUT2D eigenvalue weighted by Crippen LogP contribution is -2.04. The number of nitrogens with zero attached hydrogens (tertiary/aromatic N) is 5. The van der Waals surface area contributed by atoms with Crippen molar-refractivity contribution in [2.45, 2.75) is 46.7 Å². The van der Waals surface area contributed by atoms with Crippen molar-refractivity contribution in [3.63, 3.8) is 0 Å². The molecule has 0 aliphatic rings. The first-order valence-corrected chi connectivity index (χ1v) is 8.25. The van der Waals surface area contributed by atoms with Crippen molar-refractivity contribution in [3.8, 4) is 11.3 Å². The molecular weight excluding hydrogens is 304 g/mol. The lowest BCUT2D eigenvalue weighted by molar-refractivity contribution is 0.382. The van der Waals surface area contributed by atoms with E-state index in [-0.39, 0.29) is 0 Å². The summed E-state index contributed by atoms with van der Waals surface area (Å²) >= 11 is 0. The molecule has 0 atom stereocenters. The van der Waals surface area contributed by atoms with E-state index < -0.39 is 0 Å². The van der Waals surface area contributed by atoms with Gasteiger partial charge < -0.3 is 9.84 Å². The molecule has 0 spiro atoms. The standard InChI is InChI=1S/C17H22N6O/c1-4-8-23-12(3)15(11-20-23)16-6-7-18-17(21-16)19-10-14-9-13(5-2)22-24-14/h6-7,9,11H,4-5,8,10H2,1-3H3,(H,18,19,21). The van der Waals surface area contributed by atoms with Crippen LogP contribution in [0.25, 0.3) is 11.3 Å². The molecular formula is C17H22N6O. The van der Waals surface area contributed by atoms with Gasteiger partial charge in [-0.15, -0.1) is 0 Å². The minimum atomic E-state index is 0.504. The summed E-state index contributed by atoms with van der Waals surface area (Å²) in [5.74, 6) is 1.33. The predicted molar refractivity (Wildman–Crippen MR) is 91.5 cm³/mol. The average molecular weight is 326 g/mol. The van der Waals surface area contributed by atoms with E-state index in [2.05, 4.69) is 39.4 Å². The molecule has 7 heteroatoms. The number of aryl methyl sites for hydroxylation is 2. The molecule has 0 saturated carbocycles. The van der Waals surface area contributed by atoms with Crippen LogP contribution in [0.2, 0.25) is 0 Å². The Labute approximate surface area is 141 Å². The largest absolute Gasteiger partial charge is 0.359 e. The minimum absolute atomic E-state index is 0.504. The van der Waals surface area contributed by atoms with E-state index in [0.717, 1.165) is 47.8 Å². The second-order valence-electron chi connectivity index (χ2n) is 5.62. The van der Waals surface area contributed by atoms with E-state index in [1.54, 1.807) is 6.20 Å². The Bertz CT molecular complexity index is 807. The first kappa shape index (κ1) is 16.2. The maximum absolute atomic E-state index is 5.26. The van der Waals surface area contributed by atoms with Crippen molar-refractivity contribution < 1.29 is 4.52 Å². The molecule has 0 amide bonds. The molecule has 0 fully saturated rings. The smallest absolute Gasteiger partial charge is 0.223 e. The van der Waals surface area contributed by atoms with E-state index >= 15 is 0 Å². The number of nitrogens with one attached hydrogen (secondary N) is 1. The number of rotatable bonds is 7. The summed E-state index contributed by atoms with van der Waals surface area (Å²) in [4.78, 5) is 8.85. The van der Waals surface area contributed by atoms with Crippen molar-refractivity contribution in [1.82, 2.24) is 24.9 Å². The SMILES string of the molecule is CCCn1ncc(-c2ccnc(NCc3cc(CC)no3)n2)c1C. The molecule has 7 nitrogen and oxygen atoms in total. The topological polar surface area (TPSA) is 81.7 Å². The lowest BCUT2D eigenvalue weighted by atomic mass is 10.2. The zero-order chi connectivity index (χ0) is 16.9. The van der Waals surface area contributed by atoms with Gasteiger partial charge in [-0.1, -0.05) is 19.0 Å². The first-order chi connectivity index (χ1) is 11.7. The summed E-state index contributed by atoms with van der Waals surface area (Å²) in [6.07, 6.45) is 5.52. The Morgan fingerprint density at radius 3 is 2.92 bits per heavy atom. The van der Waals surface area contributed by atoms with Gasteiger partial charge >= 0.3 is 0 Å². The summed E-state index contributed by atoms with van der Waals surface area (Å²) in [5, 5.41) is 11.6. The van der Waals surface area contributed by atoms with Crippen LogP contribution in [0.5, 0.6) is 0 Å². The molecule has 3 rings (SSSR count). The summed E-state index contributed by atoms with van der Waals surface area (Å²) in [6, 6.07) is 3.84. The van der Waals surface area contributed by atoms with Crippen LogP contribution in [0.15, 0.2) is 29.0 Å². The lowest BCUT2D eigenvalue weighted by Gasteiger charge is -2.06. The van der Waals surface area contributed by atoms with E-state index in [4.69, 9.17) is 4.52 Å². The molecule has 0 aliphatic heterocycles. The maximum Gasteiger partial charge on any atom is 0.223 e. The Hall–Kier alpha value is -2.70. The van der Waals surface area contributed by atoms with E-state index in [9.17, 15) is 0 Å². The Morgan fingerprint density at radius 2 is 2.17 bits per heavy atom. The Kier molecular flexibility index (Phi) is 4.88. The molecule has 0 radical (unpaired) electrons. The van der Waals surface area contributed by atoms with Gasteiger partial charge in [0.1, 0.15) is 0 Å². The Morgan fingerprint density at radius 1 is 1.29 bits per heavy atom.